The summed E-state index contributed by atoms with van der Waals surface area (Å²) in [6, 6.07) is 11.9. The van der Waals surface area contributed by atoms with E-state index in [0.29, 0.717) is 24.8 Å². The molecule has 1 aromatic heterocycles. The van der Waals surface area contributed by atoms with Crippen LogP contribution in [0.2, 0.25) is 0 Å². The quantitative estimate of drug-likeness (QED) is 0.308. The summed E-state index contributed by atoms with van der Waals surface area (Å²) in [4.78, 5) is 13.5. The van der Waals surface area contributed by atoms with Crippen LogP contribution >= 0.6 is 0 Å². The van der Waals surface area contributed by atoms with Crippen LogP contribution in [0.4, 0.5) is 5.69 Å². The van der Waals surface area contributed by atoms with Gasteiger partial charge in [-0.1, -0.05) is 12.1 Å². The lowest BCUT2D eigenvalue weighted by molar-refractivity contribution is -0.109. The predicted molar refractivity (Wildman–Crippen MR) is 96.5 cm³/mol. The molecule has 0 saturated heterocycles. The van der Waals surface area contributed by atoms with Crippen LogP contribution in [0.1, 0.15) is 30.0 Å². The number of hydrazine groups is 1. The number of methoxy groups -OCH3 is 1. The van der Waals surface area contributed by atoms with E-state index in [0.717, 1.165) is 22.7 Å². The van der Waals surface area contributed by atoms with Crippen LogP contribution in [0.15, 0.2) is 36.4 Å². The maximum atomic E-state index is 8.94. The summed E-state index contributed by atoms with van der Waals surface area (Å²) < 4.78 is 11.3. The highest BCUT2D eigenvalue weighted by molar-refractivity contribution is 5.57. The Morgan fingerprint density at radius 2 is 2.00 bits per heavy atom. The number of nitrogens with zero attached hydrogens (tertiary/aromatic N) is 1. The number of carbonyl (C=O) groups excluding carboxylic acids is 1. The van der Waals surface area contributed by atoms with Crippen molar-refractivity contribution in [3.63, 3.8) is 0 Å². The molecule has 1 aliphatic carbocycles. The standard InChI is InChI=1S/C17H20N2O2.CH4N2O/c1-18-15-6-3-7-16(20-2)13(15)11-21-17-8-4-5-14(19-17)12-9-10-12;2-3-1-4/h3-8,12,18H,9-11H2,1-2H3;1H,2H2,(H,3,4). The smallest absolute Gasteiger partial charge is 0.221 e. The average molecular weight is 344 g/mol. The number of benzene rings is 1. The van der Waals surface area contributed by atoms with Crippen LogP contribution in [0.5, 0.6) is 11.6 Å². The third-order valence-corrected chi connectivity index (χ3v) is 3.80. The fourth-order valence-electron chi connectivity index (χ4n) is 2.40. The lowest BCUT2D eigenvalue weighted by Crippen LogP contribution is -2.18. The molecule has 0 radical (unpaired) electrons. The van der Waals surface area contributed by atoms with E-state index in [-0.39, 0.29) is 0 Å². The molecule has 0 bridgehead atoms. The van der Waals surface area contributed by atoms with Gasteiger partial charge in [-0.3, -0.25) is 10.2 Å². The van der Waals surface area contributed by atoms with Crippen molar-refractivity contribution in [2.24, 2.45) is 5.84 Å². The van der Waals surface area contributed by atoms with E-state index in [1.807, 2.05) is 37.4 Å². The molecule has 0 unspecified atom stereocenters. The van der Waals surface area contributed by atoms with Crippen molar-refractivity contribution in [1.82, 2.24) is 10.4 Å². The maximum absolute atomic E-state index is 8.94. The number of anilines is 1. The topological polar surface area (TPSA) is 98.5 Å². The lowest BCUT2D eigenvalue weighted by Gasteiger charge is -2.14. The molecule has 0 aliphatic heterocycles. The van der Waals surface area contributed by atoms with Gasteiger partial charge in [-0.25, -0.2) is 10.8 Å². The first-order valence-corrected chi connectivity index (χ1v) is 8.06. The number of pyridine rings is 1. The van der Waals surface area contributed by atoms with Crippen molar-refractivity contribution in [1.29, 1.82) is 0 Å². The Bertz CT molecular complexity index is 668. The van der Waals surface area contributed by atoms with Crippen LogP contribution in [-0.4, -0.2) is 25.6 Å². The summed E-state index contributed by atoms with van der Waals surface area (Å²) in [5, 5.41) is 3.17. The summed E-state index contributed by atoms with van der Waals surface area (Å²) >= 11 is 0. The highest BCUT2D eigenvalue weighted by Gasteiger charge is 2.25. The first-order chi connectivity index (χ1) is 12.2. The molecule has 7 heteroatoms. The van der Waals surface area contributed by atoms with Gasteiger partial charge in [0.25, 0.3) is 0 Å². The van der Waals surface area contributed by atoms with E-state index < -0.39 is 0 Å². The number of rotatable bonds is 7. The number of ether oxygens (including phenoxy) is 2. The monoisotopic (exact) mass is 344 g/mol. The molecule has 1 heterocycles. The molecular formula is C18H24N4O3. The van der Waals surface area contributed by atoms with E-state index in [1.165, 1.54) is 12.8 Å². The minimum atomic E-state index is 0.403. The molecule has 0 spiro atoms. The summed E-state index contributed by atoms with van der Waals surface area (Å²) in [6.45, 7) is 0.432. The molecule has 134 valence electrons. The molecule has 1 aromatic carbocycles. The molecule has 1 fully saturated rings. The zero-order valence-electron chi connectivity index (χ0n) is 14.5. The van der Waals surface area contributed by atoms with Crippen LogP contribution in [0.25, 0.3) is 0 Å². The van der Waals surface area contributed by atoms with Gasteiger partial charge in [0, 0.05) is 30.4 Å². The van der Waals surface area contributed by atoms with Gasteiger partial charge in [-0.15, -0.1) is 0 Å². The van der Waals surface area contributed by atoms with E-state index >= 15 is 0 Å². The normalized spacial score (nSPS) is 12.4. The van der Waals surface area contributed by atoms with Gasteiger partial charge >= 0.3 is 0 Å². The summed E-state index contributed by atoms with van der Waals surface area (Å²) in [5.74, 6) is 6.53. The highest BCUT2D eigenvalue weighted by Crippen LogP contribution is 2.39. The average Bonchev–Trinajstić information content (AvgIpc) is 3.51. The molecule has 2 aromatic rings. The SMILES string of the molecule is CNc1cccc(OC)c1COc1cccc(C2CC2)n1.NNC=O. The van der Waals surface area contributed by atoms with Crippen molar-refractivity contribution in [2.45, 2.75) is 25.4 Å². The van der Waals surface area contributed by atoms with Crippen LogP contribution in [0.3, 0.4) is 0 Å². The van der Waals surface area contributed by atoms with Crippen LogP contribution in [-0.2, 0) is 11.4 Å². The van der Waals surface area contributed by atoms with Crippen molar-refractivity contribution >= 4 is 12.1 Å². The van der Waals surface area contributed by atoms with Gasteiger partial charge < -0.3 is 14.8 Å². The number of nitrogens with two attached hydrogens (primary N) is 1. The molecule has 7 nitrogen and oxygen atoms in total. The molecule has 1 amide bonds. The van der Waals surface area contributed by atoms with E-state index in [1.54, 1.807) is 12.5 Å². The second kappa shape index (κ2) is 9.48. The minimum absolute atomic E-state index is 0.403. The number of aromatic nitrogens is 1. The predicted octanol–water partition coefficient (Wildman–Crippen LogP) is 2.19. The number of hydrogen-bond donors (Lipinski definition) is 3. The molecule has 1 saturated carbocycles. The van der Waals surface area contributed by atoms with Gasteiger partial charge in [-0.2, -0.15) is 0 Å². The second-order valence-electron chi connectivity index (χ2n) is 5.48. The molecule has 0 atom stereocenters. The first kappa shape index (κ1) is 18.5. The second-order valence-corrected chi connectivity index (χ2v) is 5.48. The van der Waals surface area contributed by atoms with Gasteiger partial charge in [0.05, 0.1) is 12.7 Å². The molecule has 4 N–H and O–H groups in total. The highest BCUT2D eigenvalue weighted by atomic mass is 16.5. The lowest BCUT2D eigenvalue weighted by atomic mass is 10.1. The summed E-state index contributed by atoms with van der Waals surface area (Å²) in [5.41, 5.74) is 4.90. The molecule has 25 heavy (non-hydrogen) atoms. The Morgan fingerprint density at radius 1 is 1.28 bits per heavy atom. The fourth-order valence-corrected chi connectivity index (χ4v) is 2.40. The Morgan fingerprint density at radius 3 is 2.60 bits per heavy atom. The van der Waals surface area contributed by atoms with Crippen molar-refractivity contribution < 1.29 is 14.3 Å². The zero-order chi connectivity index (χ0) is 18.1. The van der Waals surface area contributed by atoms with E-state index in [9.17, 15) is 0 Å². The third kappa shape index (κ3) is 5.36. The molecular weight excluding hydrogens is 320 g/mol. The van der Waals surface area contributed by atoms with E-state index in [2.05, 4.69) is 22.2 Å². The Kier molecular flexibility index (Phi) is 7.03. The Hall–Kier alpha value is -2.80. The maximum Gasteiger partial charge on any atom is 0.221 e. The Labute approximate surface area is 147 Å². The Balaban J connectivity index is 0.000000511. The fraction of sp³-hybridized carbons (Fsp3) is 0.333. The largest absolute Gasteiger partial charge is 0.496 e. The zero-order valence-corrected chi connectivity index (χ0v) is 14.5. The molecule has 1 aliphatic rings. The van der Waals surface area contributed by atoms with E-state index in [4.69, 9.17) is 14.3 Å². The van der Waals surface area contributed by atoms with Gasteiger partial charge in [-0.05, 0) is 31.0 Å². The summed E-state index contributed by atoms with van der Waals surface area (Å²) in [6.07, 6.45) is 2.89. The number of amides is 1. The number of hydrogen-bond acceptors (Lipinski definition) is 6. The van der Waals surface area contributed by atoms with Gasteiger partial charge in [0.1, 0.15) is 12.4 Å². The minimum Gasteiger partial charge on any atom is -0.496 e. The van der Waals surface area contributed by atoms with Crippen LogP contribution in [0, 0.1) is 0 Å². The number of nitrogens with one attached hydrogen (secondary N) is 2. The van der Waals surface area contributed by atoms with Gasteiger partial charge in [0.15, 0.2) is 0 Å². The van der Waals surface area contributed by atoms with Crippen molar-refractivity contribution in [2.75, 3.05) is 19.5 Å². The van der Waals surface area contributed by atoms with Crippen molar-refractivity contribution in [3.05, 3.63) is 47.7 Å². The summed E-state index contributed by atoms with van der Waals surface area (Å²) in [7, 11) is 3.56. The number of carbonyl (C=O) groups is 1. The van der Waals surface area contributed by atoms with Crippen molar-refractivity contribution in [3.8, 4) is 11.6 Å². The van der Waals surface area contributed by atoms with Crippen LogP contribution < -0.4 is 26.1 Å². The first-order valence-electron chi connectivity index (χ1n) is 8.06. The third-order valence-electron chi connectivity index (χ3n) is 3.80. The molecule has 3 rings (SSSR count). The van der Waals surface area contributed by atoms with Gasteiger partial charge in [0.2, 0.25) is 12.3 Å².